The molecule has 1 atom stereocenters. The van der Waals surface area contributed by atoms with E-state index in [-0.39, 0.29) is 6.61 Å². The van der Waals surface area contributed by atoms with E-state index in [0.717, 1.165) is 30.7 Å². The van der Waals surface area contributed by atoms with Crippen LogP contribution in [0.15, 0.2) is 22.7 Å². The van der Waals surface area contributed by atoms with Crippen LogP contribution in [0, 0.1) is 0 Å². The first-order valence-corrected chi connectivity index (χ1v) is 7.51. The van der Waals surface area contributed by atoms with Crippen molar-refractivity contribution in [2.75, 3.05) is 39.3 Å². The second kappa shape index (κ2) is 7.45. The number of benzene rings is 1. The minimum Gasteiger partial charge on any atom is -0.490 e. The van der Waals surface area contributed by atoms with E-state index < -0.39 is 6.10 Å². The Labute approximate surface area is 126 Å². The van der Waals surface area contributed by atoms with Crippen LogP contribution in [0.5, 0.6) is 5.75 Å². The summed E-state index contributed by atoms with van der Waals surface area (Å²) in [6.45, 7) is 4.84. The van der Waals surface area contributed by atoms with Gasteiger partial charge in [0.1, 0.15) is 18.5 Å². The van der Waals surface area contributed by atoms with Crippen molar-refractivity contribution in [2.45, 2.75) is 6.10 Å². The van der Waals surface area contributed by atoms with Crippen LogP contribution < -0.4 is 10.1 Å². The van der Waals surface area contributed by atoms with Gasteiger partial charge in [0.2, 0.25) is 0 Å². The van der Waals surface area contributed by atoms with Gasteiger partial charge in [0.15, 0.2) is 0 Å². The van der Waals surface area contributed by atoms with Gasteiger partial charge in [0, 0.05) is 37.7 Å². The molecule has 0 aromatic heterocycles. The van der Waals surface area contributed by atoms with Crippen molar-refractivity contribution in [3.63, 3.8) is 0 Å². The molecule has 1 fully saturated rings. The third-order valence-corrected chi connectivity index (χ3v) is 3.86. The lowest BCUT2D eigenvalue weighted by molar-refractivity contribution is 0.0639. The molecular formula is C13H18BrClN2O2. The lowest BCUT2D eigenvalue weighted by Gasteiger charge is -2.29. The zero-order valence-electron chi connectivity index (χ0n) is 10.6. The van der Waals surface area contributed by atoms with E-state index in [4.69, 9.17) is 16.3 Å². The van der Waals surface area contributed by atoms with Crippen molar-refractivity contribution in [1.82, 2.24) is 10.2 Å². The van der Waals surface area contributed by atoms with Gasteiger partial charge in [-0.1, -0.05) is 11.6 Å². The number of β-amino-alcohol motifs (C(OH)–C–C–N with tert-alkyl or cyclic N) is 1. The van der Waals surface area contributed by atoms with E-state index >= 15 is 0 Å². The highest BCUT2D eigenvalue weighted by molar-refractivity contribution is 9.10. The zero-order valence-corrected chi connectivity index (χ0v) is 13.0. The third kappa shape index (κ3) is 4.93. The van der Waals surface area contributed by atoms with E-state index in [9.17, 15) is 5.11 Å². The van der Waals surface area contributed by atoms with E-state index in [1.807, 2.05) is 0 Å². The van der Waals surface area contributed by atoms with Gasteiger partial charge >= 0.3 is 0 Å². The molecule has 106 valence electrons. The Morgan fingerprint density at radius 2 is 2.16 bits per heavy atom. The standard InChI is InChI=1S/C13H18BrClN2O2/c14-12-7-10(15)1-2-13(12)19-9-11(18)8-17-5-3-16-4-6-17/h1-2,7,11,16,18H,3-6,8-9H2. The lowest BCUT2D eigenvalue weighted by Crippen LogP contribution is -2.47. The Balaban J connectivity index is 1.77. The van der Waals surface area contributed by atoms with Gasteiger partial charge in [0.05, 0.1) is 4.47 Å². The molecule has 1 aromatic carbocycles. The van der Waals surface area contributed by atoms with Crippen LogP contribution in [-0.2, 0) is 0 Å². The fraction of sp³-hybridized carbons (Fsp3) is 0.538. The highest BCUT2D eigenvalue weighted by atomic mass is 79.9. The van der Waals surface area contributed by atoms with E-state index in [1.165, 1.54) is 0 Å². The smallest absolute Gasteiger partial charge is 0.133 e. The van der Waals surface area contributed by atoms with Gasteiger partial charge in [-0.25, -0.2) is 0 Å². The number of piperazine rings is 1. The van der Waals surface area contributed by atoms with Gasteiger partial charge in [-0.3, -0.25) is 4.90 Å². The summed E-state index contributed by atoms with van der Waals surface area (Å²) < 4.78 is 6.40. The minimum absolute atomic E-state index is 0.282. The highest BCUT2D eigenvalue weighted by Crippen LogP contribution is 2.27. The molecule has 1 heterocycles. The Bertz CT molecular complexity index is 414. The van der Waals surface area contributed by atoms with Crippen molar-refractivity contribution in [3.8, 4) is 5.75 Å². The zero-order chi connectivity index (χ0) is 13.7. The predicted molar refractivity (Wildman–Crippen MR) is 80.0 cm³/mol. The maximum absolute atomic E-state index is 9.98. The second-order valence-corrected chi connectivity index (χ2v) is 5.88. The van der Waals surface area contributed by atoms with Gasteiger partial charge < -0.3 is 15.2 Å². The number of rotatable bonds is 5. The molecule has 1 aliphatic rings. The quantitative estimate of drug-likeness (QED) is 0.850. The SMILES string of the molecule is OC(COc1ccc(Cl)cc1Br)CN1CCNCC1. The van der Waals surface area contributed by atoms with Crippen LogP contribution in [-0.4, -0.2) is 55.4 Å². The van der Waals surface area contributed by atoms with E-state index in [0.29, 0.717) is 17.3 Å². The average molecular weight is 350 g/mol. The Morgan fingerprint density at radius 1 is 1.42 bits per heavy atom. The lowest BCUT2D eigenvalue weighted by atomic mass is 10.3. The maximum atomic E-state index is 9.98. The molecule has 0 amide bonds. The van der Waals surface area contributed by atoms with Crippen LogP contribution >= 0.6 is 27.5 Å². The van der Waals surface area contributed by atoms with Crippen LogP contribution in [0.3, 0.4) is 0 Å². The number of aliphatic hydroxyl groups excluding tert-OH is 1. The number of hydrogen-bond donors (Lipinski definition) is 2. The van der Waals surface area contributed by atoms with E-state index in [1.54, 1.807) is 18.2 Å². The number of nitrogens with one attached hydrogen (secondary N) is 1. The Morgan fingerprint density at radius 3 is 2.84 bits per heavy atom. The van der Waals surface area contributed by atoms with Crippen molar-refractivity contribution in [2.24, 2.45) is 0 Å². The van der Waals surface area contributed by atoms with E-state index in [2.05, 4.69) is 26.1 Å². The number of nitrogens with zero attached hydrogens (tertiary/aromatic N) is 1. The maximum Gasteiger partial charge on any atom is 0.133 e. The minimum atomic E-state index is -0.485. The first kappa shape index (κ1) is 15.1. The largest absolute Gasteiger partial charge is 0.490 e. The third-order valence-electron chi connectivity index (χ3n) is 3.00. The fourth-order valence-electron chi connectivity index (χ4n) is 2.02. The Kier molecular flexibility index (Phi) is 5.91. The summed E-state index contributed by atoms with van der Waals surface area (Å²) in [5, 5.41) is 13.9. The van der Waals surface area contributed by atoms with Crippen LogP contribution in [0.25, 0.3) is 0 Å². The summed E-state index contributed by atoms with van der Waals surface area (Å²) in [5.41, 5.74) is 0. The molecule has 4 nitrogen and oxygen atoms in total. The van der Waals surface area contributed by atoms with Crippen molar-refractivity contribution >= 4 is 27.5 Å². The average Bonchev–Trinajstić information content (AvgIpc) is 2.39. The van der Waals surface area contributed by atoms with Gasteiger partial charge in [-0.05, 0) is 34.1 Å². The van der Waals surface area contributed by atoms with Crippen molar-refractivity contribution in [3.05, 3.63) is 27.7 Å². The normalized spacial score (nSPS) is 18.3. The molecule has 0 radical (unpaired) electrons. The van der Waals surface area contributed by atoms with Gasteiger partial charge in [-0.2, -0.15) is 0 Å². The van der Waals surface area contributed by atoms with Crippen molar-refractivity contribution < 1.29 is 9.84 Å². The van der Waals surface area contributed by atoms with Crippen LogP contribution in [0.1, 0.15) is 0 Å². The predicted octanol–water partition coefficient (Wildman–Crippen LogP) is 1.75. The molecule has 1 saturated heterocycles. The van der Waals surface area contributed by atoms with Gasteiger partial charge in [0.25, 0.3) is 0 Å². The number of ether oxygens (including phenoxy) is 1. The van der Waals surface area contributed by atoms with Crippen LogP contribution in [0.2, 0.25) is 5.02 Å². The second-order valence-electron chi connectivity index (χ2n) is 4.59. The summed E-state index contributed by atoms with van der Waals surface area (Å²) in [6, 6.07) is 5.34. The molecule has 1 unspecified atom stereocenters. The molecule has 19 heavy (non-hydrogen) atoms. The summed E-state index contributed by atoms with van der Waals surface area (Å²) in [5.74, 6) is 0.698. The molecule has 2 rings (SSSR count). The first-order chi connectivity index (χ1) is 9.15. The molecule has 2 N–H and O–H groups in total. The summed E-state index contributed by atoms with van der Waals surface area (Å²) in [6.07, 6.45) is -0.485. The number of aliphatic hydroxyl groups is 1. The number of halogens is 2. The molecule has 0 bridgehead atoms. The molecule has 6 heteroatoms. The molecular weight excluding hydrogens is 332 g/mol. The monoisotopic (exact) mass is 348 g/mol. The molecule has 1 aromatic rings. The summed E-state index contributed by atoms with van der Waals surface area (Å²) in [7, 11) is 0. The first-order valence-electron chi connectivity index (χ1n) is 6.34. The molecule has 0 spiro atoms. The topological polar surface area (TPSA) is 44.7 Å². The molecule has 0 aliphatic carbocycles. The highest BCUT2D eigenvalue weighted by Gasteiger charge is 2.15. The number of hydrogen-bond acceptors (Lipinski definition) is 4. The summed E-state index contributed by atoms with van der Waals surface area (Å²) >= 11 is 9.25. The summed E-state index contributed by atoms with van der Waals surface area (Å²) in [4.78, 5) is 2.24. The van der Waals surface area contributed by atoms with Crippen molar-refractivity contribution in [1.29, 1.82) is 0 Å². The fourth-order valence-corrected chi connectivity index (χ4v) is 2.82. The van der Waals surface area contributed by atoms with Crippen LogP contribution in [0.4, 0.5) is 0 Å². The van der Waals surface area contributed by atoms with Gasteiger partial charge in [-0.15, -0.1) is 0 Å². The Hall–Kier alpha value is -0.330. The molecule has 0 saturated carbocycles. The molecule has 1 aliphatic heterocycles.